The Bertz CT molecular complexity index is 918. The molecule has 0 saturated carbocycles. The summed E-state index contributed by atoms with van der Waals surface area (Å²) in [7, 11) is -3.62. The zero-order chi connectivity index (χ0) is 18.9. The smallest absolute Gasteiger partial charge is 0.271 e. The molecule has 1 N–H and O–H groups in total. The van der Waals surface area contributed by atoms with Crippen molar-refractivity contribution < 1.29 is 13.2 Å². The van der Waals surface area contributed by atoms with E-state index < -0.39 is 10.0 Å². The van der Waals surface area contributed by atoms with Crippen LogP contribution in [-0.2, 0) is 16.6 Å². The number of rotatable bonds is 5. The van der Waals surface area contributed by atoms with Crippen LogP contribution in [0.1, 0.15) is 43.4 Å². The molecule has 2 heterocycles. The molecule has 0 aliphatic carbocycles. The lowest BCUT2D eigenvalue weighted by Crippen LogP contribution is -2.31. The molecule has 1 aliphatic heterocycles. The molecule has 0 unspecified atom stereocenters. The quantitative estimate of drug-likeness (QED) is 0.867. The molecule has 1 aromatic carbocycles. The van der Waals surface area contributed by atoms with Crippen molar-refractivity contribution in [2.45, 2.75) is 38.6 Å². The number of benzene rings is 1. The van der Waals surface area contributed by atoms with Gasteiger partial charge in [0.1, 0.15) is 11.2 Å². The molecule has 1 amide bonds. The van der Waals surface area contributed by atoms with Crippen LogP contribution in [0, 0.1) is 5.92 Å². The van der Waals surface area contributed by atoms with Crippen molar-refractivity contribution in [3.63, 3.8) is 0 Å². The molecular weight excluding hydrogens is 352 g/mol. The third-order valence-corrected chi connectivity index (χ3v) is 6.48. The first kappa shape index (κ1) is 18.6. The molecule has 1 aromatic heterocycles. The van der Waals surface area contributed by atoms with Crippen molar-refractivity contribution in [1.29, 1.82) is 0 Å². The Morgan fingerprint density at radius 2 is 2.04 bits per heavy atom. The normalized spacial score (nSPS) is 16.0. The number of amides is 1. The SMILES string of the molecule is CCN1Cc2c(C(=O)NCCC(C)C)ncn2-c2ccccc2S1(=O)=O. The topological polar surface area (TPSA) is 84.3 Å². The summed E-state index contributed by atoms with van der Waals surface area (Å²) in [6.07, 6.45) is 2.40. The van der Waals surface area contributed by atoms with E-state index in [1.54, 1.807) is 35.8 Å². The molecule has 7 nitrogen and oxygen atoms in total. The van der Waals surface area contributed by atoms with Gasteiger partial charge in [-0.3, -0.25) is 9.36 Å². The first-order valence-electron chi connectivity index (χ1n) is 8.80. The maximum atomic E-state index is 12.9. The standard InChI is InChI=1S/C18H24N4O3S/c1-4-21-11-15-17(18(23)19-10-9-13(2)3)20-12-22(15)14-7-5-6-8-16(14)26(21,24)25/h5-8,12-13H,4,9-11H2,1-3H3,(H,19,23). The van der Waals surface area contributed by atoms with E-state index in [0.29, 0.717) is 30.4 Å². The summed E-state index contributed by atoms with van der Waals surface area (Å²) in [5.41, 5.74) is 1.38. The number of para-hydroxylation sites is 1. The Morgan fingerprint density at radius 3 is 2.73 bits per heavy atom. The number of imidazole rings is 1. The lowest BCUT2D eigenvalue weighted by Gasteiger charge is -2.18. The van der Waals surface area contributed by atoms with Gasteiger partial charge in [0.05, 0.1) is 17.9 Å². The molecule has 2 aromatic rings. The summed E-state index contributed by atoms with van der Waals surface area (Å²) in [6, 6.07) is 6.80. The van der Waals surface area contributed by atoms with Gasteiger partial charge < -0.3 is 5.32 Å². The summed E-state index contributed by atoms with van der Waals surface area (Å²) < 4.78 is 29.0. The van der Waals surface area contributed by atoms with Crippen molar-refractivity contribution >= 4 is 15.9 Å². The molecule has 8 heteroatoms. The van der Waals surface area contributed by atoms with Crippen LogP contribution >= 0.6 is 0 Å². The van der Waals surface area contributed by atoms with Gasteiger partial charge in [-0.05, 0) is 24.5 Å². The van der Waals surface area contributed by atoms with Gasteiger partial charge in [-0.25, -0.2) is 13.4 Å². The van der Waals surface area contributed by atoms with Crippen molar-refractivity contribution in [2.24, 2.45) is 5.92 Å². The van der Waals surface area contributed by atoms with E-state index in [9.17, 15) is 13.2 Å². The highest BCUT2D eigenvalue weighted by molar-refractivity contribution is 7.89. The van der Waals surface area contributed by atoms with Crippen LogP contribution in [0.2, 0.25) is 0 Å². The van der Waals surface area contributed by atoms with Gasteiger partial charge in [-0.15, -0.1) is 0 Å². The Labute approximate surface area is 154 Å². The van der Waals surface area contributed by atoms with E-state index in [0.717, 1.165) is 6.42 Å². The van der Waals surface area contributed by atoms with Gasteiger partial charge in [-0.2, -0.15) is 4.31 Å². The van der Waals surface area contributed by atoms with E-state index >= 15 is 0 Å². The van der Waals surface area contributed by atoms with Gasteiger partial charge >= 0.3 is 0 Å². The first-order valence-corrected chi connectivity index (χ1v) is 10.2. The van der Waals surface area contributed by atoms with Gasteiger partial charge in [0.25, 0.3) is 5.91 Å². The lowest BCUT2D eigenvalue weighted by atomic mass is 10.1. The lowest BCUT2D eigenvalue weighted by molar-refractivity contribution is 0.0945. The number of carbonyl (C=O) groups excluding carboxylic acids is 1. The summed E-state index contributed by atoms with van der Waals surface area (Å²) >= 11 is 0. The Kier molecular flexibility index (Phi) is 5.15. The van der Waals surface area contributed by atoms with Gasteiger partial charge in [0.2, 0.25) is 10.0 Å². The highest BCUT2D eigenvalue weighted by Crippen LogP contribution is 2.30. The highest BCUT2D eigenvalue weighted by atomic mass is 32.2. The van der Waals surface area contributed by atoms with Crippen LogP contribution in [0.15, 0.2) is 35.5 Å². The van der Waals surface area contributed by atoms with Crippen LogP contribution in [0.3, 0.4) is 0 Å². The predicted octanol–water partition coefficient (Wildman–Crippen LogP) is 2.17. The van der Waals surface area contributed by atoms with Crippen LogP contribution in [0.25, 0.3) is 5.69 Å². The molecular formula is C18H24N4O3S. The number of hydrogen-bond acceptors (Lipinski definition) is 4. The fourth-order valence-corrected chi connectivity index (χ4v) is 4.62. The second-order valence-electron chi connectivity index (χ2n) is 6.75. The molecule has 0 atom stereocenters. The van der Waals surface area contributed by atoms with E-state index in [2.05, 4.69) is 24.1 Å². The molecule has 0 saturated heterocycles. The Morgan fingerprint density at radius 1 is 1.31 bits per heavy atom. The number of fused-ring (bicyclic) bond motifs is 3. The minimum atomic E-state index is -3.62. The number of carbonyl (C=O) groups is 1. The van der Waals surface area contributed by atoms with Gasteiger partial charge in [0.15, 0.2) is 5.69 Å². The van der Waals surface area contributed by atoms with Crippen LogP contribution in [-0.4, -0.2) is 41.3 Å². The fourth-order valence-electron chi connectivity index (χ4n) is 3.03. The summed E-state index contributed by atoms with van der Waals surface area (Å²) in [4.78, 5) is 17.1. The van der Waals surface area contributed by atoms with Crippen LogP contribution in [0.5, 0.6) is 0 Å². The van der Waals surface area contributed by atoms with Crippen molar-refractivity contribution in [3.05, 3.63) is 42.0 Å². The van der Waals surface area contributed by atoms with E-state index in [1.807, 2.05) is 0 Å². The second kappa shape index (κ2) is 7.20. The zero-order valence-corrected chi connectivity index (χ0v) is 16.1. The molecule has 0 fully saturated rings. The largest absolute Gasteiger partial charge is 0.351 e. The van der Waals surface area contributed by atoms with Crippen molar-refractivity contribution in [2.75, 3.05) is 13.1 Å². The second-order valence-corrected chi connectivity index (χ2v) is 8.65. The summed E-state index contributed by atoms with van der Waals surface area (Å²) in [5, 5.41) is 2.88. The molecule has 3 rings (SSSR count). The number of hydrogen-bond donors (Lipinski definition) is 1. The van der Waals surface area contributed by atoms with E-state index in [1.165, 1.54) is 10.6 Å². The molecule has 0 spiro atoms. The molecule has 1 aliphatic rings. The number of nitrogens with zero attached hydrogens (tertiary/aromatic N) is 3. The van der Waals surface area contributed by atoms with E-state index in [4.69, 9.17) is 0 Å². The average molecular weight is 376 g/mol. The molecule has 0 bridgehead atoms. The number of aromatic nitrogens is 2. The number of sulfonamides is 1. The van der Waals surface area contributed by atoms with Crippen molar-refractivity contribution in [1.82, 2.24) is 19.2 Å². The Hall–Kier alpha value is -2.19. The van der Waals surface area contributed by atoms with E-state index in [-0.39, 0.29) is 23.0 Å². The average Bonchev–Trinajstić information content (AvgIpc) is 2.98. The third kappa shape index (κ3) is 3.26. The predicted molar refractivity (Wildman–Crippen MR) is 98.6 cm³/mol. The van der Waals surface area contributed by atoms with Gasteiger partial charge in [-0.1, -0.05) is 32.9 Å². The molecule has 140 valence electrons. The first-order chi connectivity index (χ1) is 12.4. The Balaban J connectivity index is 2.04. The maximum absolute atomic E-state index is 12.9. The minimum absolute atomic E-state index is 0.112. The fraction of sp³-hybridized carbons (Fsp3) is 0.444. The third-order valence-electron chi connectivity index (χ3n) is 4.51. The van der Waals surface area contributed by atoms with Crippen LogP contribution < -0.4 is 5.32 Å². The summed E-state index contributed by atoms with van der Waals surface area (Å²) in [5.74, 6) is 0.217. The van der Waals surface area contributed by atoms with Crippen molar-refractivity contribution in [3.8, 4) is 5.69 Å². The summed E-state index contributed by atoms with van der Waals surface area (Å²) in [6.45, 7) is 6.96. The number of nitrogens with one attached hydrogen (secondary N) is 1. The van der Waals surface area contributed by atoms with Crippen LogP contribution in [0.4, 0.5) is 0 Å². The monoisotopic (exact) mass is 376 g/mol. The minimum Gasteiger partial charge on any atom is -0.351 e. The highest BCUT2D eigenvalue weighted by Gasteiger charge is 2.33. The molecule has 0 radical (unpaired) electrons. The zero-order valence-electron chi connectivity index (χ0n) is 15.3. The molecule has 26 heavy (non-hydrogen) atoms. The maximum Gasteiger partial charge on any atom is 0.271 e. The van der Waals surface area contributed by atoms with Gasteiger partial charge in [0, 0.05) is 13.1 Å².